The van der Waals surface area contributed by atoms with E-state index in [0.29, 0.717) is 29.1 Å². The zero-order valence-corrected chi connectivity index (χ0v) is 18.4. The van der Waals surface area contributed by atoms with Crippen LogP contribution in [0.4, 0.5) is 4.39 Å². The van der Waals surface area contributed by atoms with Crippen molar-refractivity contribution in [2.75, 3.05) is 6.61 Å². The van der Waals surface area contributed by atoms with Crippen LogP contribution in [0.3, 0.4) is 0 Å². The Kier molecular flexibility index (Phi) is 4.88. The first-order chi connectivity index (χ1) is 15.9. The normalized spacial score (nSPS) is 11.5. The van der Waals surface area contributed by atoms with Crippen molar-refractivity contribution in [3.05, 3.63) is 92.6 Å². The molecule has 0 bridgehead atoms. The molecule has 0 amide bonds. The van der Waals surface area contributed by atoms with Crippen molar-refractivity contribution in [1.29, 1.82) is 0 Å². The molecule has 3 aromatic heterocycles. The van der Waals surface area contributed by atoms with Crippen molar-refractivity contribution in [3.63, 3.8) is 0 Å². The number of hydrogen-bond acceptors (Lipinski definition) is 4. The van der Waals surface area contributed by atoms with Gasteiger partial charge in [0.25, 0.3) is 5.56 Å². The van der Waals surface area contributed by atoms with Crippen LogP contribution in [0, 0.1) is 12.7 Å². The lowest BCUT2D eigenvalue weighted by atomic mass is 10.2. The van der Waals surface area contributed by atoms with Gasteiger partial charge >= 0.3 is 5.69 Å². The van der Waals surface area contributed by atoms with Crippen LogP contribution >= 0.6 is 0 Å². The minimum atomic E-state index is -0.484. The van der Waals surface area contributed by atoms with Crippen molar-refractivity contribution >= 4 is 16.9 Å². The van der Waals surface area contributed by atoms with Gasteiger partial charge in [0.1, 0.15) is 11.6 Å². The third kappa shape index (κ3) is 3.32. The van der Waals surface area contributed by atoms with Crippen LogP contribution in [-0.4, -0.2) is 29.7 Å². The fourth-order valence-corrected chi connectivity index (χ4v) is 4.10. The number of rotatable bonds is 5. The van der Waals surface area contributed by atoms with Crippen molar-refractivity contribution < 1.29 is 9.13 Å². The van der Waals surface area contributed by atoms with Gasteiger partial charge in [-0.15, -0.1) is 0 Å². The van der Waals surface area contributed by atoms with Gasteiger partial charge in [0.15, 0.2) is 11.2 Å². The van der Waals surface area contributed by atoms with E-state index in [2.05, 4.69) is 4.98 Å². The SMILES string of the molecule is CCOc1ccc(-n2c(C)cn3c4c(=O)n(Cc5ccc(F)cc5)c(=O)n(C)c4nc23)cc1. The summed E-state index contributed by atoms with van der Waals surface area (Å²) in [5.41, 5.74) is 2.06. The molecule has 33 heavy (non-hydrogen) atoms. The average Bonchev–Trinajstić information content (AvgIpc) is 3.32. The quantitative estimate of drug-likeness (QED) is 0.415. The maximum Gasteiger partial charge on any atom is 0.332 e. The van der Waals surface area contributed by atoms with Crippen LogP contribution in [0.5, 0.6) is 5.75 Å². The summed E-state index contributed by atoms with van der Waals surface area (Å²) in [6, 6.07) is 13.3. The van der Waals surface area contributed by atoms with Crippen molar-refractivity contribution in [3.8, 4) is 11.4 Å². The summed E-state index contributed by atoms with van der Waals surface area (Å²) in [4.78, 5) is 31.0. The molecular formula is C24H22FN5O3. The zero-order chi connectivity index (χ0) is 23.3. The number of halogens is 1. The molecule has 0 aliphatic carbocycles. The summed E-state index contributed by atoms with van der Waals surface area (Å²) >= 11 is 0. The molecule has 0 spiro atoms. The Balaban J connectivity index is 1.71. The van der Waals surface area contributed by atoms with Crippen LogP contribution in [0.15, 0.2) is 64.3 Å². The van der Waals surface area contributed by atoms with Crippen LogP contribution in [0.2, 0.25) is 0 Å². The molecule has 3 heterocycles. The molecule has 0 atom stereocenters. The van der Waals surface area contributed by atoms with Gasteiger partial charge in [-0.05, 0) is 55.8 Å². The first-order valence-electron chi connectivity index (χ1n) is 10.6. The predicted octanol–water partition coefficient (Wildman–Crippen LogP) is 3.03. The van der Waals surface area contributed by atoms with Crippen molar-refractivity contribution in [1.82, 2.24) is 23.1 Å². The summed E-state index contributed by atoms with van der Waals surface area (Å²) in [7, 11) is 1.59. The fourth-order valence-electron chi connectivity index (χ4n) is 4.10. The summed E-state index contributed by atoms with van der Waals surface area (Å²) in [5.74, 6) is 0.915. The Morgan fingerprint density at radius 2 is 1.73 bits per heavy atom. The second kappa shape index (κ2) is 7.77. The lowest BCUT2D eigenvalue weighted by molar-refractivity contribution is 0.340. The molecule has 0 aliphatic heterocycles. The van der Waals surface area contributed by atoms with Crippen LogP contribution in [0.1, 0.15) is 18.2 Å². The van der Waals surface area contributed by atoms with E-state index < -0.39 is 11.2 Å². The van der Waals surface area contributed by atoms with Crippen molar-refractivity contribution in [2.24, 2.45) is 7.05 Å². The highest BCUT2D eigenvalue weighted by atomic mass is 19.1. The lowest BCUT2D eigenvalue weighted by Crippen LogP contribution is -2.39. The lowest BCUT2D eigenvalue weighted by Gasteiger charge is -2.08. The maximum atomic E-state index is 13.4. The van der Waals surface area contributed by atoms with Gasteiger partial charge in [0.2, 0.25) is 5.78 Å². The maximum absolute atomic E-state index is 13.4. The number of ether oxygens (including phenoxy) is 1. The largest absolute Gasteiger partial charge is 0.494 e. The second-order valence-electron chi connectivity index (χ2n) is 7.85. The summed E-state index contributed by atoms with van der Waals surface area (Å²) in [5, 5.41) is 0. The summed E-state index contributed by atoms with van der Waals surface area (Å²) in [6.45, 7) is 4.47. The standard InChI is InChI=1S/C24H22FN5O3/c1-4-33-19-11-9-18(10-12-19)30-15(2)13-28-20-21(26-23(28)30)27(3)24(32)29(22(20)31)14-16-5-7-17(25)8-6-16/h5-13H,4,14H2,1-3H3. The highest BCUT2D eigenvalue weighted by Gasteiger charge is 2.21. The average molecular weight is 447 g/mol. The number of benzene rings is 2. The van der Waals surface area contributed by atoms with E-state index in [-0.39, 0.29) is 12.4 Å². The molecule has 0 unspecified atom stereocenters. The Morgan fingerprint density at radius 1 is 1.03 bits per heavy atom. The zero-order valence-electron chi connectivity index (χ0n) is 18.4. The molecule has 2 aromatic carbocycles. The number of fused-ring (bicyclic) bond motifs is 3. The Bertz CT molecular complexity index is 1610. The molecule has 168 valence electrons. The Morgan fingerprint density at radius 3 is 2.39 bits per heavy atom. The molecule has 0 saturated carbocycles. The van der Waals surface area contributed by atoms with E-state index >= 15 is 0 Å². The van der Waals surface area contributed by atoms with E-state index in [1.54, 1.807) is 23.6 Å². The fraction of sp³-hybridized carbons (Fsp3) is 0.208. The van der Waals surface area contributed by atoms with Gasteiger partial charge in [0.05, 0.1) is 13.2 Å². The van der Waals surface area contributed by atoms with E-state index in [1.807, 2.05) is 48.9 Å². The van der Waals surface area contributed by atoms with Gasteiger partial charge in [0, 0.05) is 24.6 Å². The van der Waals surface area contributed by atoms with Crippen molar-refractivity contribution in [2.45, 2.75) is 20.4 Å². The minimum Gasteiger partial charge on any atom is -0.494 e. The molecule has 5 rings (SSSR count). The van der Waals surface area contributed by atoms with E-state index in [0.717, 1.165) is 21.7 Å². The number of hydrogen-bond donors (Lipinski definition) is 0. The van der Waals surface area contributed by atoms with E-state index in [1.165, 1.54) is 16.7 Å². The highest BCUT2D eigenvalue weighted by molar-refractivity contribution is 5.76. The summed E-state index contributed by atoms with van der Waals surface area (Å²) < 4.78 is 24.9. The third-order valence-electron chi connectivity index (χ3n) is 5.69. The minimum absolute atomic E-state index is 0.0353. The second-order valence-corrected chi connectivity index (χ2v) is 7.85. The van der Waals surface area contributed by atoms with Gasteiger partial charge < -0.3 is 4.74 Å². The number of nitrogens with zero attached hydrogens (tertiary/aromatic N) is 5. The van der Waals surface area contributed by atoms with Gasteiger partial charge in [-0.3, -0.25) is 22.9 Å². The van der Waals surface area contributed by atoms with Crippen LogP contribution in [-0.2, 0) is 13.6 Å². The van der Waals surface area contributed by atoms with E-state index in [4.69, 9.17) is 4.74 Å². The van der Waals surface area contributed by atoms with Crippen LogP contribution in [0.25, 0.3) is 22.6 Å². The highest BCUT2D eigenvalue weighted by Crippen LogP contribution is 2.23. The molecule has 0 aliphatic rings. The van der Waals surface area contributed by atoms with E-state index in [9.17, 15) is 14.0 Å². The molecule has 5 aromatic rings. The molecule has 0 saturated heterocycles. The molecule has 0 N–H and O–H groups in total. The number of aryl methyl sites for hydroxylation is 2. The first kappa shape index (κ1) is 20.7. The number of aromatic nitrogens is 5. The number of imidazole rings is 2. The van der Waals surface area contributed by atoms with Gasteiger partial charge in [-0.25, -0.2) is 9.18 Å². The smallest absolute Gasteiger partial charge is 0.332 e. The molecule has 0 fully saturated rings. The molecule has 0 radical (unpaired) electrons. The Labute approximate surface area is 187 Å². The van der Waals surface area contributed by atoms with Gasteiger partial charge in [-0.1, -0.05) is 12.1 Å². The molecular weight excluding hydrogens is 425 g/mol. The predicted molar refractivity (Wildman–Crippen MR) is 123 cm³/mol. The Hall–Kier alpha value is -4.14. The first-order valence-corrected chi connectivity index (χ1v) is 10.6. The monoisotopic (exact) mass is 447 g/mol. The van der Waals surface area contributed by atoms with Crippen LogP contribution < -0.4 is 16.0 Å². The molecule has 9 heteroatoms. The molecule has 8 nitrogen and oxygen atoms in total. The third-order valence-corrected chi connectivity index (χ3v) is 5.69. The van der Waals surface area contributed by atoms with Gasteiger partial charge in [-0.2, -0.15) is 4.98 Å². The topological polar surface area (TPSA) is 75.5 Å². The summed E-state index contributed by atoms with van der Waals surface area (Å²) in [6.07, 6.45) is 1.83.